The van der Waals surface area contributed by atoms with Crippen LogP contribution >= 0.6 is 0 Å². The summed E-state index contributed by atoms with van der Waals surface area (Å²) in [6.45, 7) is 4.96. The zero-order valence-corrected chi connectivity index (χ0v) is 12.7. The van der Waals surface area contributed by atoms with Gasteiger partial charge >= 0.3 is 5.97 Å². The van der Waals surface area contributed by atoms with E-state index in [4.69, 9.17) is 5.11 Å². The number of likely N-dealkylation sites (tertiary alicyclic amines) is 1. The highest BCUT2D eigenvalue weighted by molar-refractivity contribution is 5.94. The lowest BCUT2D eigenvalue weighted by atomic mass is 9.86. The monoisotopic (exact) mass is 289 g/mol. The summed E-state index contributed by atoms with van der Waals surface area (Å²) in [5.41, 5.74) is 1.95. The number of carboxylic acids is 1. The van der Waals surface area contributed by atoms with Crippen LogP contribution in [0.5, 0.6) is 0 Å². The second-order valence-electron chi connectivity index (χ2n) is 5.90. The molecule has 0 spiro atoms. The quantitative estimate of drug-likeness (QED) is 0.876. The molecule has 0 saturated carbocycles. The molecule has 1 fully saturated rings. The Morgan fingerprint density at radius 1 is 1.29 bits per heavy atom. The number of rotatable bonds is 6. The van der Waals surface area contributed by atoms with Crippen molar-refractivity contribution >= 4 is 11.9 Å². The molecule has 0 aromatic heterocycles. The molecule has 1 aliphatic rings. The van der Waals surface area contributed by atoms with E-state index >= 15 is 0 Å². The number of carboxylic acid groups (broad SMARTS) is 1. The Bertz CT molecular complexity index is 503. The van der Waals surface area contributed by atoms with Crippen molar-refractivity contribution in [2.45, 2.75) is 33.1 Å². The van der Waals surface area contributed by atoms with E-state index in [1.54, 1.807) is 11.8 Å². The van der Waals surface area contributed by atoms with Crippen LogP contribution in [-0.4, -0.2) is 35.0 Å². The first kappa shape index (κ1) is 15.5. The Balaban J connectivity index is 1.89. The lowest BCUT2D eigenvalue weighted by molar-refractivity contribution is -0.144. The summed E-state index contributed by atoms with van der Waals surface area (Å²) in [4.78, 5) is 24.9. The van der Waals surface area contributed by atoms with Crippen molar-refractivity contribution in [2.75, 3.05) is 13.1 Å². The Morgan fingerprint density at radius 2 is 1.90 bits per heavy atom. The van der Waals surface area contributed by atoms with Crippen LogP contribution in [-0.2, 0) is 11.2 Å². The Labute approximate surface area is 125 Å². The van der Waals surface area contributed by atoms with Crippen LogP contribution in [0, 0.1) is 11.8 Å². The molecule has 0 aliphatic carbocycles. The maximum Gasteiger partial charge on any atom is 0.306 e. The predicted molar refractivity (Wildman–Crippen MR) is 81.2 cm³/mol. The van der Waals surface area contributed by atoms with Gasteiger partial charge in [-0.25, -0.2) is 0 Å². The van der Waals surface area contributed by atoms with Gasteiger partial charge in [-0.2, -0.15) is 0 Å². The molecule has 1 aromatic carbocycles. The zero-order valence-electron chi connectivity index (χ0n) is 12.7. The second-order valence-corrected chi connectivity index (χ2v) is 5.90. The summed E-state index contributed by atoms with van der Waals surface area (Å²) < 4.78 is 0. The van der Waals surface area contributed by atoms with Crippen LogP contribution in [0.2, 0.25) is 0 Å². The minimum atomic E-state index is -0.785. The number of nitrogens with zero attached hydrogens (tertiary/aromatic N) is 1. The Morgan fingerprint density at radius 3 is 2.43 bits per heavy atom. The Kier molecular flexibility index (Phi) is 4.99. The molecule has 0 bridgehead atoms. The molecular formula is C17H23NO3. The van der Waals surface area contributed by atoms with Crippen molar-refractivity contribution in [1.82, 2.24) is 4.90 Å². The topological polar surface area (TPSA) is 57.6 Å². The van der Waals surface area contributed by atoms with Crippen LogP contribution in [0.15, 0.2) is 24.3 Å². The third kappa shape index (κ3) is 3.63. The van der Waals surface area contributed by atoms with Gasteiger partial charge in [-0.15, -0.1) is 0 Å². The van der Waals surface area contributed by atoms with Crippen molar-refractivity contribution in [2.24, 2.45) is 11.8 Å². The highest BCUT2D eigenvalue weighted by Gasteiger charge is 2.37. The zero-order chi connectivity index (χ0) is 15.4. The molecule has 0 radical (unpaired) electrons. The summed E-state index contributed by atoms with van der Waals surface area (Å²) in [6, 6.07) is 7.78. The maximum atomic E-state index is 12.3. The Hall–Kier alpha value is -1.84. The first-order valence-corrected chi connectivity index (χ1v) is 7.64. The molecule has 1 heterocycles. The third-order valence-corrected chi connectivity index (χ3v) is 4.31. The molecule has 1 N–H and O–H groups in total. The summed E-state index contributed by atoms with van der Waals surface area (Å²) >= 11 is 0. The van der Waals surface area contributed by atoms with Gasteiger partial charge < -0.3 is 10.0 Å². The molecule has 1 atom stereocenters. The second kappa shape index (κ2) is 6.74. The van der Waals surface area contributed by atoms with Gasteiger partial charge in [0.2, 0.25) is 0 Å². The van der Waals surface area contributed by atoms with E-state index in [1.807, 2.05) is 24.3 Å². The van der Waals surface area contributed by atoms with Gasteiger partial charge in [-0.1, -0.05) is 32.4 Å². The first-order chi connectivity index (χ1) is 10.0. The number of hydrogen-bond acceptors (Lipinski definition) is 2. The molecule has 1 unspecified atom stereocenters. The number of hydrogen-bond donors (Lipinski definition) is 1. The molecule has 1 amide bonds. The lowest BCUT2D eigenvalue weighted by Gasteiger charge is -2.41. The van der Waals surface area contributed by atoms with Gasteiger partial charge in [0.25, 0.3) is 5.91 Å². The van der Waals surface area contributed by atoms with Gasteiger partial charge in [0.1, 0.15) is 0 Å². The number of aryl methyl sites for hydroxylation is 1. The van der Waals surface area contributed by atoms with E-state index in [1.165, 1.54) is 5.56 Å². The lowest BCUT2D eigenvalue weighted by Crippen LogP contribution is -2.53. The third-order valence-electron chi connectivity index (χ3n) is 4.31. The molecule has 1 saturated heterocycles. The molecule has 114 valence electrons. The molecular weight excluding hydrogens is 266 g/mol. The van der Waals surface area contributed by atoms with Crippen molar-refractivity contribution in [3.8, 4) is 0 Å². The molecule has 1 aliphatic heterocycles. The number of unbranched alkanes of at least 4 members (excludes halogenated alkanes) is 1. The number of aliphatic carboxylic acids is 1. The van der Waals surface area contributed by atoms with Crippen LogP contribution in [0.1, 0.15) is 42.6 Å². The van der Waals surface area contributed by atoms with E-state index in [0.29, 0.717) is 18.7 Å². The van der Waals surface area contributed by atoms with Crippen molar-refractivity contribution in [3.05, 3.63) is 35.4 Å². The summed E-state index contributed by atoms with van der Waals surface area (Å²) in [7, 11) is 0. The minimum absolute atomic E-state index is 0.00544. The maximum absolute atomic E-state index is 12.3. The summed E-state index contributed by atoms with van der Waals surface area (Å²) in [5.74, 6) is -1.08. The molecule has 4 nitrogen and oxygen atoms in total. The number of carbonyl (C=O) groups is 2. The average molecular weight is 289 g/mol. The van der Waals surface area contributed by atoms with Gasteiger partial charge in [-0.3, -0.25) is 9.59 Å². The van der Waals surface area contributed by atoms with E-state index < -0.39 is 5.97 Å². The summed E-state index contributed by atoms with van der Waals surface area (Å²) in [5, 5.41) is 8.96. The molecule has 1 aromatic rings. The van der Waals surface area contributed by atoms with Crippen LogP contribution in [0.25, 0.3) is 0 Å². The van der Waals surface area contributed by atoms with Crippen molar-refractivity contribution < 1.29 is 14.7 Å². The highest BCUT2D eigenvalue weighted by Crippen LogP contribution is 2.25. The normalized spacial score (nSPS) is 16.4. The minimum Gasteiger partial charge on any atom is -0.481 e. The average Bonchev–Trinajstić information content (AvgIpc) is 2.43. The largest absolute Gasteiger partial charge is 0.481 e. The van der Waals surface area contributed by atoms with Crippen molar-refractivity contribution in [1.29, 1.82) is 0 Å². The fourth-order valence-electron chi connectivity index (χ4n) is 2.57. The summed E-state index contributed by atoms with van der Waals surface area (Å²) in [6.07, 6.45) is 3.37. The number of benzene rings is 1. The molecule has 21 heavy (non-hydrogen) atoms. The molecule has 2 rings (SSSR count). The fraction of sp³-hybridized carbons (Fsp3) is 0.529. The SMILES string of the molecule is CCCCc1ccc(C(=O)N2CC(C(C)C(=O)O)C2)cc1. The van der Waals surface area contributed by atoms with Crippen LogP contribution < -0.4 is 0 Å². The van der Waals surface area contributed by atoms with Gasteiger partial charge in [-0.05, 0) is 30.5 Å². The van der Waals surface area contributed by atoms with E-state index in [-0.39, 0.29) is 17.7 Å². The van der Waals surface area contributed by atoms with Gasteiger partial charge in [0, 0.05) is 24.6 Å². The standard InChI is InChI=1S/C17H23NO3/c1-3-4-5-13-6-8-14(9-7-13)16(19)18-10-15(11-18)12(2)17(20)21/h6-9,12,15H,3-5,10-11H2,1-2H3,(H,20,21). The first-order valence-electron chi connectivity index (χ1n) is 7.64. The number of carbonyl (C=O) groups excluding carboxylic acids is 1. The van der Waals surface area contributed by atoms with Gasteiger partial charge in [0.05, 0.1) is 5.92 Å². The molecule has 4 heteroatoms. The van der Waals surface area contributed by atoms with E-state index in [9.17, 15) is 9.59 Å². The van der Waals surface area contributed by atoms with Crippen molar-refractivity contribution in [3.63, 3.8) is 0 Å². The van der Waals surface area contributed by atoms with Crippen LogP contribution in [0.4, 0.5) is 0 Å². The van der Waals surface area contributed by atoms with Crippen LogP contribution in [0.3, 0.4) is 0 Å². The van der Waals surface area contributed by atoms with Gasteiger partial charge in [0.15, 0.2) is 0 Å². The predicted octanol–water partition coefficient (Wildman–Crippen LogP) is 2.82. The number of amides is 1. The smallest absolute Gasteiger partial charge is 0.306 e. The van der Waals surface area contributed by atoms with E-state index in [0.717, 1.165) is 19.3 Å². The fourth-order valence-corrected chi connectivity index (χ4v) is 2.57. The highest BCUT2D eigenvalue weighted by atomic mass is 16.4. The van der Waals surface area contributed by atoms with E-state index in [2.05, 4.69) is 6.92 Å².